The van der Waals surface area contributed by atoms with Gasteiger partial charge in [0.25, 0.3) is 0 Å². The van der Waals surface area contributed by atoms with Crippen molar-refractivity contribution in [3.05, 3.63) is 90.5 Å². The zero-order valence-corrected chi connectivity index (χ0v) is 12.2. The SMILES string of the molecule is O=C(CNc1ccccc1-c1ccccc1)c1ccccc1. The van der Waals surface area contributed by atoms with Gasteiger partial charge in [0, 0.05) is 16.8 Å². The van der Waals surface area contributed by atoms with Gasteiger partial charge >= 0.3 is 0 Å². The molecule has 0 radical (unpaired) electrons. The molecule has 0 aliphatic rings. The summed E-state index contributed by atoms with van der Waals surface area (Å²) in [5.74, 6) is 0.0865. The lowest BCUT2D eigenvalue weighted by molar-refractivity contribution is 0.101. The number of nitrogens with one attached hydrogen (secondary N) is 1. The molecular weight excluding hydrogens is 270 g/mol. The molecule has 3 aromatic rings. The van der Waals surface area contributed by atoms with Gasteiger partial charge in [-0.3, -0.25) is 4.79 Å². The minimum absolute atomic E-state index is 0.0865. The smallest absolute Gasteiger partial charge is 0.181 e. The maximum atomic E-state index is 12.2. The summed E-state index contributed by atoms with van der Waals surface area (Å²) in [5, 5.41) is 3.26. The van der Waals surface area contributed by atoms with Crippen molar-refractivity contribution in [1.82, 2.24) is 0 Å². The van der Waals surface area contributed by atoms with Crippen LogP contribution in [0.25, 0.3) is 11.1 Å². The lowest BCUT2D eigenvalue weighted by Crippen LogP contribution is -2.14. The summed E-state index contributed by atoms with van der Waals surface area (Å²) in [6, 6.07) is 27.6. The molecule has 0 unspecified atom stereocenters. The van der Waals surface area contributed by atoms with Gasteiger partial charge in [-0.15, -0.1) is 0 Å². The van der Waals surface area contributed by atoms with Crippen molar-refractivity contribution in [3.8, 4) is 11.1 Å². The van der Waals surface area contributed by atoms with E-state index >= 15 is 0 Å². The van der Waals surface area contributed by atoms with Crippen LogP contribution in [0.3, 0.4) is 0 Å². The third-order valence-corrected chi connectivity index (χ3v) is 3.55. The number of benzene rings is 3. The summed E-state index contributed by atoms with van der Waals surface area (Å²) in [5.41, 5.74) is 3.94. The molecule has 22 heavy (non-hydrogen) atoms. The van der Waals surface area contributed by atoms with Crippen molar-refractivity contribution in [2.75, 3.05) is 11.9 Å². The van der Waals surface area contributed by atoms with Crippen LogP contribution in [0, 0.1) is 0 Å². The van der Waals surface area contributed by atoms with Crippen molar-refractivity contribution in [3.63, 3.8) is 0 Å². The Balaban J connectivity index is 1.78. The molecule has 3 aromatic carbocycles. The van der Waals surface area contributed by atoms with E-state index in [2.05, 4.69) is 23.5 Å². The summed E-state index contributed by atoms with van der Waals surface area (Å²) in [6.45, 7) is 0.286. The van der Waals surface area contributed by atoms with E-state index in [1.807, 2.05) is 66.7 Å². The van der Waals surface area contributed by atoms with E-state index in [1.165, 1.54) is 0 Å². The second-order valence-corrected chi connectivity index (χ2v) is 5.05. The highest BCUT2D eigenvalue weighted by Gasteiger charge is 2.07. The number of para-hydroxylation sites is 1. The van der Waals surface area contributed by atoms with Crippen LogP contribution in [0.2, 0.25) is 0 Å². The minimum atomic E-state index is 0.0865. The van der Waals surface area contributed by atoms with Crippen LogP contribution in [0.1, 0.15) is 10.4 Å². The van der Waals surface area contributed by atoms with Gasteiger partial charge in [-0.05, 0) is 11.6 Å². The molecule has 0 spiro atoms. The first-order valence-electron chi connectivity index (χ1n) is 7.31. The van der Waals surface area contributed by atoms with Crippen LogP contribution < -0.4 is 5.32 Å². The average Bonchev–Trinajstić information content (AvgIpc) is 2.61. The van der Waals surface area contributed by atoms with Crippen LogP contribution >= 0.6 is 0 Å². The Morgan fingerprint density at radius 2 is 1.32 bits per heavy atom. The number of hydrogen-bond donors (Lipinski definition) is 1. The number of carbonyl (C=O) groups is 1. The predicted molar refractivity (Wildman–Crippen MR) is 91.1 cm³/mol. The molecule has 0 aromatic heterocycles. The van der Waals surface area contributed by atoms with E-state index in [4.69, 9.17) is 0 Å². The standard InChI is InChI=1S/C20H17NO/c22-20(17-11-5-2-6-12-17)15-21-19-14-8-7-13-18(19)16-9-3-1-4-10-16/h1-14,21H,15H2. The average molecular weight is 287 g/mol. The zero-order valence-electron chi connectivity index (χ0n) is 12.2. The van der Waals surface area contributed by atoms with Crippen LogP contribution in [0.5, 0.6) is 0 Å². The van der Waals surface area contributed by atoms with E-state index < -0.39 is 0 Å². The van der Waals surface area contributed by atoms with Crippen LogP contribution in [0.15, 0.2) is 84.9 Å². The van der Waals surface area contributed by atoms with Gasteiger partial charge in [-0.2, -0.15) is 0 Å². The summed E-state index contributed by atoms with van der Waals surface area (Å²) in [4.78, 5) is 12.2. The first-order chi connectivity index (χ1) is 10.8. The lowest BCUT2D eigenvalue weighted by Gasteiger charge is -2.11. The van der Waals surface area contributed by atoms with Gasteiger partial charge in [-0.25, -0.2) is 0 Å². The van der Waals surface area contributed by atoms with Crippen LogP contribution in [0.4, 0.5) is 5.69 Å². The Morgan fingerprint density at radius 3 is 2.05 bits per heavy atom. The van der Waals surface area contributed by atoms with Gasteiger partial charge in [-0.1, -0.05) is 78.9 Å². The molecule has 0 aliphatic heterocycles. The molecule has 0 atom stereocenters. The normalized spacial score (nSPS) is 10.2. The van der Waals surface area contributed by atoms with E-state index in [0.717, 1.165) is 22.4 Å². The molecule has 0 amide bonds. The van der Waals surface area contributed by atoms with Crippen molar-refractivity contribution in [2.24, 2.45) is 0 Å². The second-order valence-electron chi connectivity index (χ2n) is 5.05. The topological polar surface area (TPSA) is 29.1 Å². The second kappa shape index (κ2) is 6.72. The number of rotatable bonds is 5. The number of ketones is 1. The van der Waals surface area contributed by atoms with Gasteiger partial charge in [0.2, 0.25) is 0 Å². The molecule has 3 rings (SSSR count). The van der Waals surface area contributed by atoms with E-state index in [-0.39, 0.29) is 12.3 Å². The largest absolute Gasteiger partial charge is 0.377 e. The fraction of sp³-hybridized carbons (Fsp3) is 0.0500. The lowest BCUT2D eigenvalue weighted by atomic mass is 10.0. The Bertz CT molecular complexity index is 751. The van der Waals surface area contributed by atoms with E-state index in [0.29, 0.717) is 0 Å². The first kappa shape index (κ1) is 14.1. The van der Waals surface area contributed by atoms with E-state index in [1.54, 1.807) is 0 Å². The van der Waals surface area contributed by atoms with Crippen molar-refractivity contribution >= 4 is 11.5 Å². The van der Waals surface area contributed by atoms with Gasteiger partial charge < -0.3 is 5.32 Å². The van der Waals surface area contributed by atoms with Crippen molar-refractivity contribution in [1.29, 1.82) is 0 Å². The highest BCUT2D eigenvalue weighted by Crippen LogP contribution is 2.27. The Morgan fingerprint density at radius 1 is 0.727 bits per heavy atom. The predicted octanol–water partition coefficient (Wildman–Crippen LogP) is 4.65. The molecule has 0 saturated heterocycles. The third kappa shape index (κ3) is 3.23. The summed E-state index contributed by atoms with van der Waals surface area (Å²) < 4.78 is 0. The third-order valence-electron chi connectivity index (χ3n) is 3.55. The summed E-state index contributed by atoms with van der Waals surface area (Å²) in [7, 11) is 0. The molecule has 0 fully saturated rings. The minimum Gasteiger partial charge on any atom is -0.377 e. The quantitative estimate of drug-likeness (QED) is 0.692. The fourth-order valence-corrected chi connectivity index (χ4v) is 2.41. The Hall–Kier alpha value is -2.87. The molecule has 108 valence electrons. The zero-order chi connectivity index (χ0) is 15.2. The highest BCUT2D eigenvalue weighted by atomic mass is 16.1. The summed E-state index contributed by atoms with van der Waals surface area (Å²) >= 11 is 0. The number of anilines is 1. The molecule has 2 nitrogen and oxygen atoms in total. The Labute approximate surface area is 130 Å². The number of carbonyl (C=O) groups excluding carboxylic acids is 1. The number of hydrogen-bond acceptors (Lipinski definition) is 2. The fourth-order valence-electron chi connectivity index (χ4n) is 2.41. The maximum Gasteiger partial charge on any atom is 0.181 e. The maximum absolute atomic E-state index is 12.2. The molecule has 1 N–H and O–H groups in total. The molecular formula is C20H17NO. The Kier molecular flexibility index (Phi) is 4.30. The molecule has 2 heteroatoms. The summed E-state index contributed by atoms with van der Waals surface area (Å²) in [6.07, 6.45) is 0. The van der Waals surface area contributed by atoms with E-state index in [9.17, 15) is 4.79 Å². The van der Waals surface area contributed by atoms with Crippen LogP contribution in [-0.2, 0) is 0 Å². The number of Topliss-reactive ketones (excluding diaryl/α,β-unsaturated/α-hetero) is 1. The molecule has 0 heterocycles. The van der Waals surface area contributed by atoms with Gasteiger partial charge in [0.1, 0.15) is 0 Å². The van der Waals surface area contributed by atoms with Crippen LogP contribution in [-0.4, -0.2) is 12.3 Å². The molecule has 0 bridgehead atoms. The van der Waals surface area contributed by atoms with Gasteiger partial charge in [0.05, 0.1) is 6.54 Å². The monoisotopic (exact) mass is 287 g/mol. The first-order valence-corrected chi connectivity index (χ1v) is 7.31. The molecule has 0 aliphatic carbocycles. The van der Waals surface area contributed by atoms with Gasteiger partial charge in [0.15, 0.2) is 5.78 Å². The van der Waals surface area contributed by atoms with Crippen molar-refractivity contribution < 1.29 is 4.79 Å². The molecule has 0 saturated carbocycles. The highest BCUT2D eigenvalue weighted by molar-refractivity contribution is 5.99. The van der Waals surface area contributed by atoms with Crippen molar-refractivity contribution in [2.45, 2.75) is 0 Å².